The lowest BCUT2D eigenvalue weighted by molar-refractivity contribution is -0.137. The Balaban J connectivity index is 4.07. The molecule has 1 N–H and O–H groups in total. The van der Waals surface area contributed by atoms with Gasteiger partial charge in [0.15, 0.2) is 0 Å². The van der Waals surface area contributed by atoms with Crippen LogP contribution in [-0.4, -0.2) is 23.8 Å². The lowest BCUT2D eigenvalue weighted by Gasteiger charge is -2.19. The number of aliphatic hydroxyl groups excluding tert-OH is 1. The zero-order valence-corrected chi connectivity index (χ0v) is 11.4. The summed E-state index contributed by atoms with van der Waals surface area (Å²) in [7, 11) is 0. The third kappa shape index (κ3) is 7.07. The molecule has 0 amide bonds. The number of esters is 1. The van der Waals surface area contributed by atoms with Crippen molar-refractivity contribution in [1.82, 2.24) is 0 Å². The molecule has 0 fully saturated rings. The lowest BCUT2D eigenvalue weighted by atomic mass is 9.91. The van der Waals surface area contributed by atoms with E-state index < -0.39 is 6.10 Å². The Morgan fingerprint density at radius 3 is 2.72 bits per heavy atom. The Labute approximate surface area is 110 Å². The second-order valence-electron chi connectivity index (χ2n) is 4.24. The third-order valence-corrected chi connectivity index (χ3v) is 2.81. The van der Waals surface area contributed by atoms with Crippen molar-refractivity contribution in [2.24, 2.45) is 5.92 Å². The maximum absolute atomic E-state index is 11.1. The molecule has 0 aromatic carbocycles. The van der Waals surface area contributed by atoms with Crippen LogP contribution in [0.15, 0.2) is 37.0 Å². The van der Waals surface area contributed by atoms with Crippen LogP contribution in [0.3, 0.4) is 0 Å². The quantitative estimate of drug-likeness (QED) is 0.390. The van der Waals surface area contributed by atoms with Crippen LogP contribution >= 0.6 is 0 Å². The molecule has 0 aliphatic heterocycles. The summed E-state index contributed by atoms with van der Waals surface area (Å²) in [5, 5.41) is 9.89. The van der Waals surface area contributed by atoms with E-state index in [0.717, 1.165) is 12.0 Å². The van der Waals surface area contributed by atoms with E-state index in [1.807, 2.05) is 6.92 Å². The fourth-order valence-corrected chi connectivity index (χ4v) is 1.49. The molecule has 2 atom stereocenters. The molecule has 0 aromatic rings. The number of rotatable bonds is 9. The smallest absolute Gasteiger partial charge is 0.330 e. The number of aliphatic hydroxyl groups is 1. The van der Waals surface area contributed by atoms with Gasteiger partial charge in [-0.05, 0) is 26.2 Å². The summed E-state index contributed by atoms with van der Waals surface area (Å²) >= 11 is 0. The molecular formula is C15H24O3. The first kappa shape index (κ1) is 16.6. The highest BCUT2D eigenvalue weighted by atomic mass is 16.5. The summed E-state index contributed by atoms with van der Waals surface area (Å²) in [4.78, 5) is 11.1. The zero-order valence-electron chi connectivity index (χ0n) is 11.4. The van der Waals surface area contributed by atoms with Crippen LogP contribution in [0.25, 0.3) is 0 Å². The van der Waals surface area contributed by atoms with Crippen LogP contribution in [0, 0.1) is 5.92 Å². The SMILES string of the molecule is C=CCC[C@H](O)[C@H](C)C(=C)C/C=C/C(=O)OCC. The molecule has 0 bridgehead atoms. The van der Waals surface area contributed by atoms with Crippen molar-refractivity contribution in [3.8, 4) is 0 Å². The number of carbonyl (C=O) groups is 1. The molecule has 0 saturated carbocycles. The molecule has 0 heterocycles. The first-order valence-electron chi connectivity index (χ1n) is 6.32. The molecule has 3 nitrogen and oxygen atoms in total. The fraction of sp³-hybridized carbons (Fsp3) is 0.533. The van der Waals surface area contributed by atoms with Gasteiger partial charge in [0.05, 0.1) is 12.7 Å². The van der Waals surface area contributed by atoms with E-state index >= 15 is 0 Å². The summed E-state index contributed by atoms with van der Waals surface area (Å²) in [5.74, 6) is -0.332. The molecule has 0 radical (unpaired) electrons. The highest BCUT2D eigenvalue weighted by molar-refractivity contribution is 5.81. The zero-order chi connectivity index (χ0) is 14.0. The van der Waals surface area contributed by atoms with Crippen LogP contribution in [0.5, 0.6) is 0 Å². The number of hydrogen-bond donors (Lipinski definition) is 1. The second-order valence-corrected chi connectivity index (χ2v) is 4.24. The van der Waals surface area contributed by atoms with Crippen molar-refractivity contribution in [2.45, 2.75) is 39.2 Å². The molecule has 0 saturated heterocycles. The van der Waals surface area contributed by atoms with Crippen molar-refractivity contribution in [1.29, 1.82) is 0 Å². The lowest BCUT2D eigenvalue weighted by Crippen LogP contribution is -2.18. The van der Waals surface area contributed by atoms with Crippen LogP contribution in [-0.2, 0) is 9.53 Å². The number of carbonyl (C=O) groups excluding carboxylic acids is 1. The van der Waals surface area contributed by atoms with Gasteiger partial charge in [-0.2, -0.15) is 0 Å². The summed E-state index contributed by atoms with van der Waals surface area (Å²) in [6, 6.07) is 0. The van der Waals surface area contributed by atoms with Gasteiger partial charge in [-0.15, -0.1) is 6.58 Å². The molecule has 0 rings (SSSR count). The molecule has 0 unspecified atom stereocenters. The molecule has 3 heteroatoms. The van der Waals surface area contributed by atoms with Gasteiger partial charge < -0.3 is 9.84 Å². The summed E-state index contributed by atoms with van der Waals surface area (Å²) in [6.07, 6.45) is 6.55. The first-order valence-corrected chi connectivity index (χ1v) is 6.32. The Bertz CT molecular complexity index is 305. The van der Waals surface area contributed by atoms with E-state index in [1.54, 1.807) is 19.1 Å². The summed E-state index contributed by atoms with van der Waals surface area (Å²) in [6.45, 7) is 11.6. The molecule has 102 valence electrons. The van der Waals surface area contributed by atoms with Crippen molar-refractivity contribution in [2.75, 3.05) is 6.61 Å². The highest BCUT2D eigenvalue weighted by Crippen LogP contribution is 2.20. The predicted octanol–water partition coefficient (Wildman–Crippen LogP) is 3.02. The number of ether oxygens (including phenoxy) is 1. The number of hydrogen-bond acceptors (Lipinski definition) is 3. The average Bonchev–Trinajstić information content (AvgIpc) is 2.35. The maximum Gasteiger partial charge on any atom is 0.330 e. The van der Waals surface area contributed by atoms with E-state index in [2.05, 4.69) is 13.2 Å². The summed E-state index contributed by atoms with van der Waals surface area (Å²) in [5.41, 5.74) is 0.909. The Hall–Kier alpha value is -1.35. The Kier molecular flexibility index (Phi) is 8.93. The van der Waals surface area contributed by atoms with Crippen molar-refractivity contribution in [3.05, 3.63) is 37.0 Å². The van der Waals surface area contributed by atoms with E-state index in [-0.39, 0.29) is 11.9 Å². The standard InChI is InChI=1S/C15H24O3/c1-5-7-10-14(16)13(4)12(3)9-8-11-15(17)18-6-2/h5,8,11,13-14,16H,1,3,6-7,9-10H2,2,4H3/b11-8+/t13-,14+/m1/s1. The highest BCUT2D eigenvalue weighted by Gasteiger charge is 2.15. The third-order valence-electron chi connectivity index (χ3n) is 2.81. The van der Waals surface area contributed by atoms with Gasteiger partial charge in [0.25, 0.3) is 0 Å². The van der Waals surface area contributed by atoms with Crippen molar-refractivity contribution < 1.29 is 14.6 Å². The first-order chi connectivity index (χ1) is 8.52. The van der Waals surface area contributed by atoms with Gasteiger partial charge >= 0.3 is 5.97 Å². The molecule has 0 aliphatic rings. The van der Waals surface area contributed by atoms with Gasteiger partial charge in [0.2, 0.25) is 0 Å². The van der Waals surface area contributed by atoms with Gasteiger partial charge in [0, 0.05) is 12.0 Å². The molecular weight excluding hydrogens is 228 g/mol. The van der Waals surface area contributed by atoms with Gasteiger partial charge in [-0.3, -0.25) is 0 Å². The molecule has 0 aliphatic carbocycles. The Morgan fingerprint density at radius 2 is 2.17 bits per heavy atom. The van der Waals surface area contributed by atoms with Crippen LogP contribution in [0.2, 0.25) is 0 Å². The van der Waals surface area contributed by atoms with Crippen LogP contribution in [0.1, 0.15) is 33.1 Å². The minimum absolute atomic E-state index is 0.0109. The van der Waals surface area contributed by atoms with Gasteiger partial charge in [-0.1, -0.05) is 31.2 Å². The molecule has 0 aromatic heterocycles. The molecule has 0 spiro atoms. The van der Waals surface area contributed by atoms with E-state index in [1.165, 1.54) is 6.08 Å². The average molecular weight is 252 g/mol. The largest absolute Gasteiger partial charge is 0.463 e. The second kappa shape index (κ2) is 9.66. The number of allylic oxidation sites excluding steroid dienone is 2. The van der Waals surface area contributed by atoms with Crippen LogP contribution in [0.4, 0.5) is 0 Å². The normalized spacial score (nSPS) is 14.2. The van der Waals surface area contributed by atoms with E-state index in [0.29, 0.717) is 19.4 Å². The fourth-order valence-electron chi connectivity index (χ4n) is 1.49. The summed E-state index contributed by atoms with van der Waals surface area (Å²) < 4.78 is 4.77. The van der Waals surface area contributed by atoms with E-state index in [4.69, 9.17) is 4.74 Å². The van der Waals surface area contributed by atoms with E-state index in [9.17, 15) is 9.90 Å². The maximum atomic E-state index is 11.1. The van der Waals surface area contributed by atoms with Crippen molar-refractivity contribution >= 4 is 5.97 Å². The minimum atomic E-state index is -0.411. The minimum Gasteiger partial charge on any atom is -0.463 e. The van der Waals surface area contributed by atoms with Crippen LogP contribution < -0.4 is 0 Å². The van der Waals surface area contributed by atoms with Gasteiger partial charge in [0.1, 0.15) is 0 Å². The van der Waals surface area contributed by atoms with Crippen molar-refractivity contribution in [3.63, 3.8) is 0 Å². The van der Waals surface area contributed by atoms with Gasteiger partial charge in [-0.25, -0.2) is 4.79 Å². The molecule has 18 heavy (non-hydrogen) atoms. The Morgan fingerprint density at radius 1 is 1.50 bits per heavy atom. The predicted molar refractivity (Wildman–Crippen MR) is 74.1 cm³/mol. The topological polar surface area (TPSA) is 46.5 Å². The monoisotopic (exact) mass is 252 g/mol.